The number of hydrogen-bond donors (Lipinski definition) is 2. The van der Waals surface area contributed by atoms with Crippen molar-refractivity contribution in [2.45, 2.75) is 5.92 Å². The number of fused-ring (bicyclic) bond motifs is 2. The molecule has 0 aliphatic carbocycles. The van der Waals surface area contributed by atoms with E-state index in [2.05, 4.69) is 17.6 Å². The van der Waals surface area contributed by atoms with Crippen LogP contribution < -0.4 is 11.3 Å². The highest BCUT2D eigenvalue weighted by Gasteiger charge is 2.19. The Morgan fingerprint density at radius 2 is 1.24 bits per heavy atom. The number of nitrogens with zero attached hydrogens (tertiary/aromatic N) is 2. The minimum atomic E-state index is -0.813. The Morgan fingerprint density at radius 1 is 0.810 bits per heavy atom. The van der Waals surface area contributed by atoms with Crippen LogP contribution in [0.25, 0.3) is 21.5 Å². The van der Waals surface area contributed by atoms with Crippen molar-refractivity contribution in [1.82, 2.24) is 0 Å². The molecule has 21 heavy (non-hydrogen) atoms. The Balaban J connectivity index is 2.61. The molecule has 0 aromatic heterocycles. The first-order valence-corrected chi connectivity index (χ1v) is 6.51. The van der Waals surface area contributed by atoms with E-state index in [1.807, 2.05) is 48.5 Å². The lowest BCUT2D eigenvalue weighted by Gasteiger charge is -2.16. The van der Waals surface area contributed by atoms with Crippen LogP contribution in [0.5, 0.6) is 0 Å². The van der Waals surface area contributed by atoms with E-state index < -0.39 is 5.92 Å². The van der Waals surface area contributed by atoms with Crippen molar-refractivity contribution in [3.8, 4) is 12.1 Å². The second kappa shape index (κ2) is 5.13. The molecule has 4 nitrogen and oxygen atoms in total. The van der Waals surface area contributed by atoms with E-state index in [0.717, 1.165) is 32.8 Å². The van der Waals surface area contributed by atoms with Gasteiger partial charge in [-0.3, -0.25) is 5.84 Å². The zero-order valence-electron chi connectivity index (χ0n) is 11.2. The van der Waals surface area contributed by atoms with Gasteiger partial charge in [0.2, 0.25) is 0 Å². The molecular formula is C17H12N4. The predicted molar refractivity (Wildman–Crippen MR) is 83.2 cm³/mol. The van der Waals surface area contributed by atoms with Gasteiger partial charge in [0.05, 0.1) is 17.8 Å². The smallest absolute Gasteiger partial charge is 0.159 e. The first kappa shape index (κ1) is 12.9. The Labute approximate surface area is 122 Å². The summed E-state index contributed by atoms with van der Waals surface area (Å²) in [6.07, 6.45) is 0. The molecule has 0 heterocycles. The van der Waals surface area contributed by atoms with Crippen molar-refractivity contribution in [2.24, 2.45) is 5.84 Å². The summed E-state index contributed by atoms with van der Waals surface area (Å²) in [6.45, 7) is 0. The molecule has 0 saturated carbocycles. The van der Waals surface area contributed by atoms with Gasteiger partial charge in [0.15, 0.2) is 5.92 Å². The van der Waals surface area contributed by atoms with Crippen LogP contribution in [-0.2, 0) is 0 Å². The largest absolute Gasteiger partial charge is 0.323 e. The number of nitrogens with one attached hydrogen (secondary N) is 1. The van der Waals surface area contributed by atoms with E-state index in [4.69, 9.17) is 5.84 Å². The highest BCUT2D eigenvalue weighted by molar-refractivity contribution is 6.14. The summed E-state index contributed by atoms with van der Waals surface area (Å²) in [7, 11) is 0. The molecule has 0 spiro atoms. The fraction of sp³-hybridized carbons (Fsp3) is 0.0588. The molecule has 0 aliphatic heterocycles. The third kappa shape index (κ3) is 1.87. The van der Waals surface area contributed by atoms with E-state index in [0.29, 0.717) is 0 Å². The lowest BCUT2D eigenvalue weighted by molar-refractivity contribution is 1.13. The molecule has 4 heteroatoms. The van der Waals surface area contributed by atoms with Crippen molar-refractivity contribution >= 4 is 27.2 Å². The highest BCUT2D eigenvalue weighted by Crippen LogP contribution is 2.39. The first-order chi connectivity index (χ1) is 10.3. The fourth-order valence-corrected chi connectivity index (χ4v) is 2.79. The molecule has 3 aromatic rings. The lowest BCUT2D eigenvalue weighted by atomic mass is 9.88. The van der Waals surface area contributed by atoms with Gasteiger partial charge in [-0.2, -0.15) is 10.5 Å². The van der Waals surface area contributed by atoms with Crippen LogP contribution in [0, 0.1) is 22.7 Å². The van der Waals surface area contributed by atoms with Crippen LogP contribution in [0.3, 0.4) is 0 Å². The van der Waals surface area contributed by atoms with Gasteiger partial charge in [-0.25, -0.2) is 0 Å². The second-order valence-electron chi connectivity index (χ2n) is 4.72. The van der Waals surface area contributed by atoms with E-state index in [1.165, 1.54) is 0 Å². The molecule has 3 N–H and O–H groups in total. The molecule has 0 fully saturated rings. The summed E-state index contributed by atoms with van der Waals surface area (Å²) in [5.74, 6) is 4.88. The van der Waals surface area contributed by atoms with Gasteiger partial charge in [0, 0.05) is 10.8 Å². The van der Waals surface area contributed by atoms with Crippen LogP contribution in [0.4, 0.5) is 5.69 Å². The predicted octanol–water partition coefficient (Wildman–Crippen LogP) is 3.41. The van der Waals surface area contributed by atoms with E-state index in [9.17, 15) is 10.5 Å². The summed E-state index contributed by atoms with van der Waals surface area (Å²) in [5.41, 5.74) is 4.30. The molecule has 100 valence electrons. The van der Waals surface area contributed by atoms with Crippen LogP contribution in [-0.4, -0.2) is 0 Å². The monoisotopic (exact) mass is 272 g/mol. The number of nitrogen functional groups attached to an aromatic ring is 1. The molecule has 0 aliphatic rings. The Hall–Kier alpha value is -3.08. The van der Waals surface area contributed by atoms with Crippen molar-refractivity contribution in [3.05, 3.63) is 54.1 Å². The molecule has 0 unspecified atom stereocenters. The SMILES string of the molecule is N#CC(C#N)c1c2ccccc2c(NN)c2ccccc12. The summed E-state index contributed by atoms with van der Waals surface area (Å²) in [6, 6.07) is 19.5. The fourth-order valence-electron chi connectivity index (χ4n) is 2.79. The Bertz CT molecular complexity index is 845. The maximum absolute atomic E-state index is 9.31. The van der Waals surface area contributed by atoms with Crippen LogP contribution in [0.1, 0.15) is 11.5 Å². The Morgan fingerprint density at radius 3 is 1.62 bits per heavy atom. The normalized spacial score (nSPS) is 10.5. The molecule has 0 radical (unpaired) electrons. The van der Waals surface area contributed by atoms with Gasteiger partial charge in [-0.15, -0.1) is 0 Å². The van der Waals surface area contributed by atoms with E-state index in [1.54, 1.807) is 0 Å². The molecule has 0 bridgehead atoms. The van der Waals surface area contributed by atoms with Crippen LogP contribution in [0.2, 0.25) is 0 Å². The van der Waals surface area contributed by atoms with Gasteiger partial charge < -0.3 is 5.43 Å². The average molecular weight is 272 g/mol. The summed E-state index contributed by atoms with van der Waals surface area (Å²) in [4.78, 5) is 0. The van der Waals surface area contributed by atoms with Crippen molar-refractivity contribution < 1.29 is 0 Å². The standard InChI is InChI=1S/C17H12N4/c18-9-11(10-19)16-12-5-1-3-7-14(12)17(21-20)15-8-4-2-6-13(15)16/h1-8,11,21H,20H2. The number of nitriles is 2. The van der Waals surface area contributed by atoms with Gasteiger partial charge in [-0.05, 0) is 16.3 Å². The minimum Gasteiger partial charge on any atom is -0.323 e. The number of hydrazine groups is 1. The molecule has 0 amide bonds. The summed E-state index contributed by atoms with van der Waals surface area (Å²) in [5, 5.41) is 22.2. The maximum Gasteiger partial charge on any atom is 0.159 e. The number of rotatable bonds is 2. The van der Waals surface area contributed by atoms with Gasteiger partial charge in [-0.1, -0.05) is 48.5 Å². The Kier molecular flexibility index (Phi) is 3.16. The van der Waals surface area contributed by atoms with Crippen molar-refractivity contribution in [1.29, 1.82) is 10.5 Å². The third-order valence-electron chi connectivity index (χ3n) is 3.66. The van der Waals surface area contributed by atoms with E-state index >= 15 is 0 Å². The topological polar surface area (TPSA) is 85.6 Å². The zero-order chi connectivity index (χ0) is 14.8. The summed E-state index contributed by atoms with van der Waals surface area (Å²) < 4.78 is 0. The minimum absolute atomic E-state index is 0.741. The first-order valence-electron chi connectivity index (χ1n) is 6.51. The van der Waals surface area contributed by atoms with Crippen LogP contribution >= 0.6 is 0 Å². The van der Waals surface area contributed by atoms with Gasteiger partial charge in [0.25, 0.3) is 0 Å². The second-order valence-corrected chi connectivity index (χ2v) is 4.72. The third-order valence-corrected chi connectivity index (χ3v) is 3.66. The van der Waals surface area contributed by atoms with Crippen molar-refractivity contribution in [2.75, 3.05) is 5.43 Å². The quantitative estimate of drug-likeness (QED) is 0.425. The average Bonchev–Trinajstić information content (AvgIpc) is 2.55. The number of nitrogens with two attached hydrogens (primary N) is 1. The molecule has 3 rings (SSSR count). The van der Waals surface area contributed by atoms with Crippen LogP contribution in [0.15, 0.2) is 48.5 Å². The summed E-state index contributed by atoms with van der Waals surface area (Å²) >= 11 is 0. The molecule has 0 atom stereocenters. The van der Waals surface area contributed by atoms with E-state index in [-0.39, 0.29) is 0 Å². The van der Waals surface area contributed by atoms with Gasteiger partial charge >= 0.3 is 0 Å². The number of anilines is 1. The highest BCUT2D eigenvalue weighted by atomic mass is 15.2. The van der Waals surface area contributed by atoms with Crippen molar-refractivity contribution in [3.63, 3.8) is 0 Å². The van der Waals surface area contributed by atoms with Gasteiger partial charge in [0.1, 0.15) is 0 Å². The maximum atomic E-state index is 9.31. The molecular weight excluding hydrogens is 260 g/mol. The zero-order valence-corrected chi connectivity index (χ0v) is 11.2. The lowest BCUT2D eigenvalue weighted by Crippen LogP contribution is -2.09. The molecule has 3 aromatic carbocycles. The number of hydrogen-bond acceptors (Lipinski definition) is 4. The number of benzene rings is 3. The molecule has 0 saturated heterocycles.